The highest BCUT2D eigenvalue weighted by Crippen LogP contribution is 2.35. The van der Waals surface area contributed by atoms with Crippen LogP contribution in [0.25, 0.3) is 6.08 Å². The fraction of sp³-hybridized carbons (Fsp3) is 0.0556. The third kappa shape index (κ3) is 5.43. The molecule has 0 fully saturated rings. The van der Waals surface area contributed by atoms with Gasteiger partial charge in [-0.1, -0.05) is 15.9 Å². The van der Waals surface area contributed by atoms with Crippen LogP contribution in [0.15, 0.2) is 55.4 Å². The molecule has 0 aliphatic rings. The van der Waals surface area contributed by atoms with Crippen LogP contribution < -0.4 is 10.1 Å². The second kappa shape index (κ2) is 9.54. The Morgan fingerprint density at radius 2 is 1.73 bits per heavy atom. The minimum Gasteiger partial charge on any atom is -0.476 e. The van der Waals surface area contributed by atoms with E-state index in [1.54, 1.807) is 36.4 Å². The molecule has 0 radical (unpaired) electrons. The van der Waals surface area contributed by atoms with Crippen LogP contribution in [-0.2, 0) is 4.79 Å². The van der Waals surface area contributed by atoms with Crippen molar-refractivity contribution in [1.29, 1.82) is 10.5 Å². The van der Waals surface area contributed by atoms with Gasteiger partial charge in [-0.3, -0.25) is 4.79 Å². The van der Waals surface area contributed by atoms with Crippen molar-refractivity contribution in [3.8, 4) is 17.9 Å². The molecule has 0 saturated heterocycles. The molecule has 0 atom stereocenters. The quantitative estimate of drug-likeness (QED) is 0.406. The van der Waals surface area contributed by atoms with E-state index in [2.05, 4.69) is 53.1 Å². The number of ether oxygens (including phenoxy) is 1. The Bertz CT molecular complexity index is 919. The Labute approximate surface area is 175 Å². The minimum absolute atomic E-state index is 0.0441. The van der Waals surface area contributed by atoms with Gasteiger partial charge < -0.3 is 10.1 Å². The van der Waals surface area contributed by atoms with Gasteiger partial charge >= 0.3 is 0 Å². The van der Waals surface area contributed by atoms with Gasteiger partial charge in [-0.2, -0.15) is 10.5 Å². The molecule has 130 valence electrons. The maximum Gasteiger partial charge on any atom is 0.266 e. The highest BCUT2D eigenvalue weighted by molar-refractivity contribution is 9.11. The van der Waals surface area contributed by atoms with Crippen LogP contribution in [0.3, 0.4) is 0 Å². The highest BCUT2D eigenvalue weighted by atomic mass is 79.9. The second-order valence-electron chi connectivity index (χ2n) is 4.89. The Hall–Kier alpha value is -2.13. The zero-order chi connectivity index (χ0) is 19.1. The van der Waals surface area contributed by atoms with E-state index in [0.717, 1.165) is 4.47 Å². The molecule has 2 aromatic rings. The molecule has 1 N–H and O–H groups in total. The van der Waals surface area contributed by atoms with Crippen molar-refractivity contribution in [3.05, 3.63) is 61.0 Å². The molecule has 0 unspecified atom stereocenters. The first-order valence-electron chi connectivity index (χ1n) is 7.12. The number of nitriles is 2. The first-order valence-corrected chi connectivity index (χ1v) is 9.50. The number of nitrogens with zero attached hydrogens (tertiary/aromatic N) is 2. The van der Waals surface area contributed by atoms with E-state index < -0.39 is 5.91 Å². The van der Waals surface area contributed by atoms with Crippen molar-refractivity contribution >= 4 is 65.5 Å². The lowest BCUT2D eigenvalue weighted by molar-refractivity contribution is -0.112. The number of halogens is 3. The molecule has 0 aliphatic heterocycles. The zero-order valence-corrected chi connectivity index (χ0v) is 17.9. The molecule has 8 heteroatoms. The van der Waals surface area contributed by atoms with E-state index in [0.29, 0.717) is 25.9 Å². The van der Waals surface area contributed by atoms with Gasteiger partial charge in [0.15, 0.2) is 6.61 Å². The SMILES string of the molecule is N#CCOc1c(Br)cc(/C=C(/C#N)C(=O)Nc2ccc(Br)cc2)cc1Br. The van der Waals surface area contributed by atoms with Gasteiger partial charge in [0.1, 0.15) is 23.5 Å². The van der Waals surface area contributed by atoms with Crippen molar-refractivity contribution in [3.63, 3.8) is 0 Å². The summed E-state index contributed by atoms with van der Waals surface area (Å²) in [6.45, 7) is -0.0918. The molecule has 26 heavy (non-hydrogen) atoms. The van der Waals surface area contributed by atoms with Crippen LogP contribution in [0.5, 0.6) is 5.75 Å². The largest absolute Gasteiger partial charge is 0.476 e. The first-order chi connectivity index (χ1) is 12.4. The fourth-order valence-electron chi connectivity index (χ4n) is 1.95. The summed E-state index contributed by atoms with van der Waals surface area (Å²) in [7, 11) is 0. The lowest BCUT2D eigenvalue weighted by Gasteiger charge is -2.09. The molecule has 2 aromatic carbocycles. The van der Waals surface area contributed by atoms with Crippen molar-refractivity contribution < 1.29 is 9.53 Å². The summed E-state index contributed by atoms with van der Waals surface area (Å²) in [5.74, 6) is -0.0339. The summed E-state index contributed by atoms with van der Waals surface area (Å²) in [6, 6.07) is 14.2. The molecule has 5 nitrogen and oxygen atoms in total. The standard InChI is InChI=1S/C18H10Br3N3O2/c19-13-1-3-14(4-2-13)24-18(25)12(10-23)7-11-8-15(20)17(16(21)9-11)26-6-5-22/h1-4,7-9H,6H2,(H,24,25)/b12-7-. The van der Waals surface area contributed by atoms with Crippen LogP contribution in [0.2, 0.25) is 0 Å². The molecule has 2 rings (SSSR count). The van der Waals surface area contributed by atoms with Gasteiger partial charge in [0.05, 0.1) is 8.95 Å². The van der Waals surface area contributed by atoms with E-state index in [1.807, 2.05) is 12.1 Å². The van der Waals surface area contributed by atoms with E-state index in [9.17, 15) is 10.1 Å². The van der Waals surface area contributed by atoms with Crippen LogP contribution in [0.4, 0.5) is 5.69 Å². The lowest BCUT2D eigenvalue weighted by atomic mass is 10.1. The number of anilines is 1. The maximum atomic E-state index is 12.3. The Kier molecular flexibility index (Phi) is 7.40. The molecule has 0 aromatic heterocycles. The number of benzene rings is 2. The Balaban J connectivity index is 2.25. The first kappa shape index (κ1) is 20.2. The van der Waals surface area contributed by atoms with Gasteiger partial charge in [0.2, 0.25) is 0 Å². The number of hydrogen-bond acceptors (Lipinski definition) is 4. The van der Waals surface area contributed by atoms with Crippen molar-refractivity contribution in [2.75, 3.05) is 11.9 Å². The van der Waals surface area contributed by atoms with E-state index >= 15 is 0 Å². The molecule has 1 amide bonds. The summed E-state index contributed by atoms with van der Waals surface area (Å²) in [4.78, 5) is 12.3. The van der Waals surface area contributed by atoms with Crippen molar-refractivity contribution in [2.24, 2.45) is 0 Å². The zero-order valence-electron chi connectivity index (χ0n) is 13.1. The van der Waals surface area contributed by atoms with E-state index in [-0.39, 0.29) is 12.2 Å². The molecular formula is C18H10Br3N3O2. The average molecular weight is 540 g/mol. The van der Waals surface area contributed by atoms with E-state index in [4.69, 9.17) is 10.00 Å². The molecular weight excluding hydrogens is 530 g/mol. The number of carbonyl (C=O) groups is 1. The van der Waals surface area contributed by atoms with Crippen LogP contribution >= 0.6 is 47.8 Å². The number of amides is 1. The molecule has 0 heterocycles. The van der Waals surface area contributed by atoms with Crippen LogP contribution in [0, 0.1) is 22.7 Å². The van der Waals surface area contributed by atoms with Gasteiger partial charge in [-0.05, 0) is 79.9 Å². The number of carbonyl (C=O) groups excluding carboxylic acids is 1. The molecule has 0 aliphatic carbocycles. The second-order valence-corrected chi connectivity index (χ2v) is 7.52. The van der Waals surface area contributed by atoms with Crippen LogP contribution in [-0.4, -0.2) is 12.5 Å². The third-order valence-electron chi connectivity index (χ3n) is 3.08. The van der Waals surface area contributed by atoms with Gasteiger partial charge in [0, 0.05) is 10.2 Å². The Morgan fingerprint density at radius 1 is 1.12 bits per heavy atom. The molecule has 0 saturated carbocycles. The minimum atomic E-state index is -0.508. The van der Waals surface area contributed by atoms with Gasteiger partial charge in [-0.25, -0.2) is 0 Å². The highest BCUT2D eigenvalue weighted by Gasteiger charge is 2.12. The summed E-state index contributed by atoms with van der Waals surface area (Å²) < 4.78 is 7.40. The van der Waals surface area contributed by atoms with Crippen LogP contribution in [0.1, 0.15) is 5.56 Å². The molecule has 0 bridgehead atoms. The number of nitrogens with one attached hydrogen (secondary N) is 1. The topological polar surface area (TPSA) is 85.9 Å². The smallest absolute Gasteiger partial charge is 0.266 e. The van der Waals surface area contributed by atoms with E-state index in [1.165, 1.54) is 6.08 Å². The lowest BCUT2D eigenvalue weighted by Crippen LogP contribution is -2.13. The summed E-state index contributed by atoms with van der Waals surface area (Å²) in [5, 5.41) is 20.6. The van der Waals surface area contributed by atoms with Gasteiger partial charge in [-0.15, -0.1) is 0 Å². The number of hydrogen-bond donors (Lipinski definition) is 1. The van der Waals surface area contributed by atoms with Crippen molar-refractivity contribution in [2.45, 2.75) is 0 Å². The number of rotatable bonds is 5. The van der Waals surface area contributed by atoms with Gasteiger partial charge in [0.25, 0.3) is 5.91 Å². The Morgan fingerprint density at radius 3 is 2.27 bits per heavy atom. The summed E-state index contributed by atoms with van der Waals surface area (Å²) >= 11 is 10.0. The monoisotopic (exact) mass is 537 g/mol. The maximum absolute atomic E-state index is 12.3. The fourth-order valence-corrected chi connectivity index (χ4v) is 3.67. The normalized spacial score (nSPS) is 10.6. The summed E-state index contributed by atoms with van der Waals surface area (Å²) in [5.41, 5.74) is 1.16. The predicted octanol–water partition coefficient (Wildman–Crippen LogP) is 5.42. The average Bonchev–Trinajstić information content (AvgIpc) is 2.61. The summed E-state index contributed by atoms with van der Waals surface area (Å²) in [6.07, 6.45) is 1.47. The predicted molar refractivity (Wildman–Crippen MR) is 109 cm³/mol. The molecule has 0 spiro atoms. The van der Waals surface area contributed by atoms with Crippen molar-refractivity contribution in [1.82, 2.24) is 0 Å². The third-order valence-corrected chi connectivity index (χ3v) is 4.79.